The molecule has 0 aromatic heterocycles. The van der Waals surface area contributed by atoms with Crippen molar-refractivity contribution in [2.75, 3.05) is 13.2 Å². The first kappa shape index (κ1) is 16.3. The first-order valence-electron chi connectivity index (χ1n) is 7.77. The van der Waals surface area contributed by atoms with Crippen LogP contribution in [-0.4, -0.2) is 30.4 Å². The standard InChI is InChI=1S/C18H29NO2/c1-12-7-13(2)9-15(8-12)21-11-14(20)10-19-16-17(3,4)18(16,5)6/h7-9,14,16,19-20H,10-11H2,1-6H3. The van der Waals surface area contributed by atoms with Crippen LogP contribution >= 0.6 is 0 Å². The molecule has 0 heterocycles. The van der Waals surface area contributed by atoms with Crippen molar-refractivity contribution < 1.29 is 9.84 Å². The van der Waals surface area contributed by atoms with Crippen molar-refractivity contribution in [1.82, 2.24) is 5.32 Å². The molecule has 1 atom stereocenters. The molecule has 2 N–H and O–H groups in total. The summed E-state index contributed by atoms with van der Waals surface area (Å²) in [6, 6.07) is 6.57. The molecule has 0 amide bonds. The van der Waals surface area contributed by atoms with Gasteiger partial charge in [0.25, 0.3) is 0 Å². The molecule has 0 aliphatic heterocycles. The Bertz CT molecular complexity index is 474. The van der Waals surface area contributed by atoms with E-state index in [9.17, 15) is 5.11 Å². The Morgan fingerprint density at radius 1 is 1.10 bits per heavy atom. The summed E-state index contributed by atoms with van der Waals surface area (Å²) in [7, 11) is 0. The molecule has 1 unspecified atom stereocenters. The van der Waals surface area contributed by atoms with Crippen LogP contribution in [0.5, 0.6) is 5.75 Å². The van der Waals surface area contributed by atoms with Gasteiger partial charge < -0.3 is 15.2 Å². The predicted octanol–water partition coefficient (Wildman–Crippen LogP) is 3.07. The Morgan fingerprint density at radius 3 is 2.10 bits per heavy atom. The lowest BCUT2D eigenvalue weighted by Gasteiger charge is -2.15. The number of rotatable bonds is 6. The summed E-state index contributed by atoms with van der Waals surface area (Å²) in [6.45, 7) is 14.1. The molecule has 3 heteroatoms. The molecule has 3 nitrogen and oxygen atoms in total. The topological polar surface area (TPSA) is 41.5 Å². The molecule has 1 saturated carbocycles. The highest BCUT2D eigenvalue weighted by Gasteiger charge is 2.64. The van der Waals surface area contributed by atoms with E-state index in [1.54, 1.807) is 0 Å². The van der Waals surface area contributed by atoms with E-state index in [-0.39, 0.29) is 0 Å². The highest BCUT2D eigenvalue weighted by molar-refractivity contribution is 5.33. The van der Waals surface area contributed by atoms with Crippen LogP contribution in [0, 0.1) is 24.7 Å². The third kappa shape index (κ3) is 3.41. The Morgan fingerprint density at radius 2 is 1.62 bits per heavy atom. The molecular weight excluding hydrogens is 262 g/mol. The molecule has 1 fully saturated rings. The van der Waals surface area contributed by atoms with E-state index < -0.39 is 6.10 Å². The van der Waals surface area contributed by atoms with Gasteiger partial charge in [-0.2, -0.15) is 0 Å². The van der Waals surface area contributed by atoms with Crippen LogP contribution in [0.1, 0.15) is 38.8 Å². The summed E-state index contributed by atoms with van der Waals surface area (Å²) in [5, 5.41) is 13.5. The van der Waals surface area contributed by atoms with Crippen molar-refractivity contribution >= 4 is 0 Å². The number of hydrogen-bond acceptors (Lipinski definition) is 3. The van der Waals surface area contributed by atoms with E-state index in [4.69, 9.17) is 4.74 Å². The molecule has 0 spiro atoms. The van der Waals surface area contributed by atoms with E-state index in [2.05, 4.69) is 52.9 Å². The lowest BCUT2D eigenvalue weighted by atomic mass is 10.0. The summed E-state index contributed by atoms with van der Waals surface area (Å²) in [5.74, 6) is 0.832. The Kier molecular flexibility index (Phi) is 4.36. The summed E-state index contributed by atoms with van der Waals surface area (Å²) < 4.78 is 5.70. The molecule has 1 aromatic carbocycles. The summed E-state index contributed by atoms with van der Waals surface area (Å²) in [4.78, 5) is 0. The van der Waals surface area contributed by atoms with Gasteiger partial charge >= 0.3 is 0 Å². The van der Waals surface area contributed by atoms with Crippen molar-refractivity contribution in [3.05, 3.63) is 29.3 Å². The quantitative estimate of drug-likeness (QED) is 0.846. The fraction of sp³-hybridized carbons (Fsp3) is 0.667. The Hall–Kier alpha value is -1.06. The molecule has 0 bridgehead atoms. The number of nitrogens with one attached hydrogen (secondary N) is 1. The number of aryl methyl sites for hydroxylation is 2. The molecule has 1 aromatic rings. The minimum atomic E-state index is -0.488. The molecule has 1 aliphatic rings. The van der Waals surface area contributed by atoms with Gasteiger partial charge in [0.2, 0.25) is 0 Å². The largest absolute Gasteiger partial charge is 0.491 e. The van der Waals surface area contributed by atoms with E-state index in [1.165, 1.54) is 11.1 Å². The van der Waals surface area contributed by atoms with Gasteiger partial charge in [-0.3, -0.25) is 0 Å². The van der Waals surface area contributed by atoms with Crippen LogP contribution in [0.4, 0.5) is 0 Å². The second-order valence-corrected chi connectivity index (χ2v) is 7.57. The second kappa shape index (κ2) is 5.62. The van der Waals surface area contributed by atoms with E-state index in [0.29, 0.717) is 30.0 Å². The Balaban J connectivity index is 1.77. The normalized spacial score (nSPS) is 21.1. The summed E-state index contributed by atoms with van der Waals surface area (Å²) in [6.07, 6.45) is -0.488. The zero-order valence-electron chi connectivity index (χ0n) is 14.2. The fourth-order valence-electron chi connectivity index (χ4n) is 3.23. The minimum Gasteiger partial charge on any atom is -0.491 e. The molecule has 2 rings (SSSR count). The highest BCUT2D eigenvalue weighted by Crippen LogP contribution is 2.62. The molecule has 0 radical (unpaired) electrons. The first-order valence-corrected chi connectivity index (χ1v) is 7.77. The molecule has 1 aliphatic carbocycles. The Labute approximate surface area is 128 Å². The van der Waals surface area contributed by atoms with Gasteiger partial charge in [0.05, 0.1) is 0 Å². The average Bonchev–Trinajstić information content (AvgIpc) is 2.73. The van der Waals surface area contributed by atoms with Crippen LogP contribution < -0.4 is 10.1 Å². The van der Waals surface area contributed by atoms with Gasteiger partial charge in [0, 0.05) is 12.6 Å². The molecule has 21 heavy (non-hydrogen) atoms. The van der Waals surface area contributed by atoms with Crippen molar-refractivity contribution in [3.8, 4) is 5.75 Å². The van der Waals surface area contributed by atoms with Crippen LogP contribution in [0.3, 0.4) is 0 Å². The van der Waals surface area contributed by atoms with Crippen molar-refractivity contribution in [2.24, 2.45) is 10.8 Å². The number of benzene rings is 1. The van der Waals surface area contributed by atoms with Crippen LogP contribution in [-0.2, 0) is 0 Å². The SMILES string of the molecule is Cc1cc(C)cc(OCC(O)CNC2C(C)(C)C2(C)C)c1. The van der Waals surface area contributed by atoms with Crippen molar-refractivity contribution in [2.45, 2.75) is 53.7 Å². The monoisotopic (exact) mass is 291 g/mol. The summed E-state index contributed by atoms with van der Waals surface area (Å²) in [5.41, 5.74) is 2.95. The van der Waals surface area contributed by atoms with Gasteiger partial charge in [-0.15, -0.1) is 0 Å². The van der Waals surface area contributed by atoms with Crippen LogP contribution in [0.15, 0.2) is 18.2 Å². The third-order valence-corrected chi connectivity index (χ3v) is 5.22. The summed E-state index contributed by atoms with van der Waals surface area (Å²) >= 11 is 0. The predicted molar refractivity (Wildman–Crippen MR) is 86.8 cm³/mol. The maximum atomic E-state index is 10.1. The van der Waals surface area contributed by atoms with Gasteiger partial charge in [0.1, 0.15) is 18.5 Å². The maximum absolute atomic E-state index is 10.1. The maximum Gasteiger partial charge on any atom is 0.119 e. The van der Waals surface area contributed by atoms with Gasteiger partial charge in [-0.05, 0) is 47.9 Å². The fourth-order valence-corrected chi connectivity index (χ4v) is 3.23. The van der Waals surface area contributed by atoms with Crippen LogP contribution in [0.2, 0.25) is 0 Å². The molecule has 0 saturated heterocycles. The molecule has 118 valence electrons. The van der Waals surface area contributed by atoms with E-state index in [1.807, 2.05) is 12.1 Å². The highest BCUT2D eigenvalue weighted by atomic mass is 16.5. The minimum absolute atomic E-state index is 0.293. The zero-order chi connectivity index (χ0) is 15.8. The van der Waals surface area contributed by atoms with E-state index in [0.717, 1.165) is 5.75 Å². The zero-order valence-corrected chi connectivity index (χ0v) is 14.2. The second-order valence-electron chi connectivity index (χ2n) is 7.57. The third-order valence-electron chi connectivity index (χ3n) is 5.22. The van der Waals surface area contributed by atoms with Gasteiger partial charge in [-0.1, -0.05) is 33.8 Å². The van der Waals surface area contributed by atoms with Gasteiger partial charge in [-0.25, -0.2) is 0 Å². The van der Waals surface area contributed by atoms with E-state index >= 15 is 0 Å². The smallest absolute Gasteiger partial charge is 0.119 e. The number of aliphatic hydroxyl groups excluding tert-OH is 1. The lowest BCUT2D eigenvalue weighted by molar-refractivity contribution is 0.105. The number of hydrogen-bond donors (Lipinski definition) is 2. The number of ether oxygens (including phenoxy) is 1. The number of aliphatic hydroxyl groups is 1. The average molecular weight is 291 g/mol. The lowest BCUT2D eigenvalue weighted by Crippen LogP contribution is -2.34. The first-order chi connectivity index (χ1) is 9.64. The van der Waals surface area contributed by atoms with Crippen molar-refractivity contribution in [3.63, 3.8) is 0 Å². The molecular formula is C18H29NO2. The van der Waals surface area contributed by atoms with Gasteiger partial charge in [0.15, 0.2) is 0 Å². The van der Waals surface area contributed by atoms with Crippen LogP contribution in [0.25, 0.3) is 0 Å². The van der Waals surface area contributed by atoms with Crippen molar-refractivity contribution in [1.29, 1.82) is 0 Å².